The summed E-state index contributed by atoms with van der Waals surface area (Å²) in [5.41, 5.74) is 2.19. The van der Waals surface area contributed by atoms with E-state index < -0.39 is 0 Å². The van der Waals surface area contributed by atoms with Crippen LogP contribution in [-0.2, 0) is 17.8 Å². The summed E-state index contributed by atoms with van der Waals surface area (Å²) in [6.45, 7) is 2.49. The summed E-state index contributed by atoms with van der Waals surface area (Å²) in [5.74, 6) is 0.642. The average molecular weight is 368 g/mol. The van der Waals surface area contributed by atoms with E-state index in [1.54, 1.807) is 0 Å². The number of fused-ring (bicyclic) bond motifs is 1. The van der Waals surface area contributed by atoms with Crippen molar-refractivity contribution in [2.24, 2.45) is 0 Å². The normalized spacial score (nSPS) is 28.1. The van der Waals surface area contributed by atoms with Crippen molar-refractivity contribution >= 4 is 5.95 Å². The van der Waals surface area contributed by atoms with Crippen molar-refractivity contribution in [2.75, 3.05) is 19.0 Å². The highest BCUT2D eigenvalue weighted by Crippen LogP contribution is 2.42. The Balaban J connectivity index is 1.37. The lowest BCUT2D eigenvalue weighted by Crippen LogP contribution is -2.51. The zero-order valence-corrected chi connectivity index (χ0v) is 15.8. The van der Waals surface area contributed by atoms with Crippen LogP contribution in [0.1, 0.15) is 36.8 Å². The average Bonchev–Trinajstić information content (AvgIpc) is 3.06. The van der Waals surface area contributed by atoms with Crippen molar-refractivity contribution in [3.63, 3.8) is 0 Å². The summed E-state index contributed by atoms with van der Waals surface area (Å²) < 4.78 is 5.92. The van der Waals surface area contributed by atoms with Crippen molar-refractivity contribution in [1.82, 2.24) is 14.9 Å². The summed E-state index contributed by atoms with van der Waals surface area (Å²) in [5, 5.41) is 13.4. The van der Waals surface area contributed by atoms with Crippen LogP contribution in [0.15, 0.2) is 42.7 Å². The Labute approximate surface area is 160 Å². The number of aromatic nitrogens is 2. The Morgan fingerprint density at radius 1 is 1.19 bits per heavy atom. The molecule has 0 unspecified atom stereocenters. The molecule has 1 aromatic carbocycles. The van der Waals surface area contributed by atoms with E-state index in [4.69, 9.17) is 4.74 Å². The quantitative estimate of drug-likeness (QED) is 0.817. The van der Waals surface area contributed by atoms with Gasteiger partial charge in [-0.25, -0.2) is 9.97 Å². The zero-order valence-electron chi connectivity index (χ0n) is 15.8. The maximum atomic E-state index is 10.1. The van der Waals surface area contributed by atoms with E-state index in [2.05, 4.69) is 32.3 Å². The number of hydrogen-bond donors (Lipinski definition) is 2. The first kappa shape index (κ1) is 18.3. The Bertz CT molecular complexity index is 740. The largest absolute Gasteiger partial charge is 0.393 e. The van der Waals surface area contributed by atoms with E-state index in [0.717, 1.165) is 44.3 Å². The molecule has 1 aliphatic carbocycles. The molecule has 0 bridgehead atoms. The summed E-state index contributed by atoms with van der Waals surface area (Å²) in [6, 6.07) is 10.5. The van der Waals surface area contributed by atoms with Crippen molar-refractivity contribution in [3.8, 4) is 0 Å². The lowest BCUT2D eigenvalue weighted by Gasteiger charge is -2.42. The van der Waals surface area contributed by atoms with Gasteiger partial charge in [0.1, 0.15) is 0 Å². The maximum Gasteiger partial charge on any atom is 0.222 e. The number of likely N-dealkylation sites (tertiary alicyclic amines) is 1. The van der Waals surface area contributed by atoms with Gasteiger partial charge in [0.2, 0.25) is 5.95 Å². The smallest absolute Gasteiger partial charge is 0.222 e. The van der Waals surface area contributed by atoms with Crippen LogP contribution in [0.3, 0.4) is 0 Å². The molecule has 2 N–H and O–H groups in total. The predicted molar refractivity (Wildman–Crippen MR) is 104 cm³/mol. The van der Waals surface area contributed by atoms with Crippen LogP contribution in [0.5, 0.6) is 0 Å². The Hall–Kier alpha value is -2.02. The third kappa shape index (κ3) is 3.98. The van der Waals surface area contributed by atoms with Gasteiger partial charge in [-0.1, -0.05) is 30.3 Å². The minimum atomic E-state index is -0.223. The van der Waals surface area contributed by atoms with Crippen LogP contribution in [0.2, 0.25) is 0 Å². The van der Waals surface area contributed by atoms with Gasteiger partial charge in [0.05, 0.1) is 11.7 Å². The van der Waals surface area contributed by atoms with Crippen molar-refractivity contribution < 1.29 is 9.84 Å². The number of aliphatic hydroxyl groups is 1. The first-order valence-corrected chi connectivity index (χ1v) is 9.74. The number of nitrogens with zero attached hydrogens (tertiary/aromatic N) is 3. The molecule has 0 amide bonds. The molecule has 1 aromatic heterocycles. The fraction of sp³-hybridized carbons (Fsp3) is 0.524. The Morgan fingerprint density at radius 2 is 1.96 bits per heavy atom. The highest BCUT2D eigenvalue weighted by Gasteiger charge is 2.50. The molecule has 2 fully saturated rings. The minimum absolute atomic E-state index is 0.0999. The molecule has 2 aromatic rings. The van der Waals surface area contributed by atoms with Crippen molar-refractivity contribution in [3.05, 3.63) is 53.9 Å². The third-order valence-electron chi connectivity index (χ3n) is 6.06. The molecule has 2 heterocycles. The van der Waals surface area contributed by atoms with Gasteiger partial charge in [-0.2, -0.15) is 0 Å². The standard InChI is InChI=1S/C21H28N4O2/c1-27-21-8-7-18(26)11-19(21)25(10-9-21)15-17-13-23-20(24-14-17)22-12-16-5-3-2-4-6-16/h2-6,13-14,18-19,26H,7-12,15H2,1H3,(H,22,23,24)/t18-,19+,21-/m1/s1. The minimum Gasteiger partial charge on any atom is -0.393 e. The van der Waals surface area contributed by atoms with Crippen LogP contribution >= 0.6 is 0 Å². The van der Waals surface area contributed by atoms with Gasteiger partial charge in [-0.05, 0) is 31.2 Å². The second kappa shape index (κ2) is 7.92. The van der Waals surface area contributed by atoms with Crippen LogP contribution in [0, 0.1) is 0 Å². The number of rotatable bonds is 6. The molecule has 3 atom stereocenters. The number of aliphatic hydroxyl groups excluding tert-OH is 1. The number of methoxy groups -OCH3 is 1. The second-order valence-electron chi connectivity index (χ2n) is 7.69. The van der Waals surface area contributed by atoms with E-state index >= 15 is 0 Å². The van der Waals surface area contributed by atoms with Crippen molar-refractivity contribution in [2.45, 2.75) is 56.5 Å². The maximum absolute atomic E-state index is 10.1. The molecule has 0 spiro atoms. The summed E-state index contributed by atoms with van der Waals surface area (Å²) in [7, 11) is 1.81. The van der Waals surface area contributed by atoms with Crippen LogP contribution in [0.4, 0.5) is 5.95 Å². The van der Waals surface area contributed by atoms with Gasteiger partial charge in [-0.15, -0.1) is 0 Å². The van der Waals surface area contributed by atoms with Gasteiger partial charge in [0.15, 0.2) is 0 Å². The van der Waals surface area contributed by atoms with Gasteiger partial charge in [0.25, 0.3) is 0 Å². The van der Waals surface area contributed by atoms with Gasteiger partial charge < -0.3 is 15.2 Å². The van der Waals surface area contributed by atoms with E-state index in [-0.39, 0.29) is 17.7 Å². The number of anilines is 1. The van der Waals surface area contributed by atoms with Crippen LogP contribution in [-0.4, -0.2) is 51.4 Å². The third-order valence-corrected chi connectivity index (χ3v) is 6.06. The van der Waals surface area contributed by atoms with E-state index in [9.17, 15) is 5.11 Å². The van der Waals surface area contributed by atoms with E-state index in [1.807, 2.05) is 37.7 Å². The molecule has 1 aliphatic heterocycles. The van der Waals surface area contributed by atoms with Gasteiger partial charge in [-0.3, -0.25) is 4.90 Å². The fourth-order valence-corrected chi connectivity index (χ4v) is 4.50. The molecule has 6 heteroatoms. The van der Waals surface area contributed by atoms with Crippen molar-refractivity contribution in [1.29, 1.82) is 0 Å². The summed E-state index contributed by atoms with van der Waals surface area (Å²) in [6.07, 6.45) is 7.15. The van der Waals surface area contributed by atoms with Gasteiger partial charge in [0, 0.05) is 50.7 Å². The molecule has 1 saturated carbocycles. The van der Waals surface area contributed by atoms with E-state index in [0.29, 0.717) is 12.5 Å². The summed E-state index contributed by atoms with van der Waals surface area (Å²) >= 11 is 0. The molecule has 0 radical (unpaired) electrons. The first-order valence-electron chi connectivity index (χ1n) is 9.74. The monoisotopic (exact) mass is 368 g/mol. The highest BCUT2D eigenvalue weighted by atomic mass is 16.5. The number of ether oxygens (including phenoxy) is 1. The number of hydrogen-bond acceptors (Lipinski definition) is 6. The van der Waals surface area contributed by atoms with E-state index in [1.165, 1.54) is 5.56 Å². The molecule has 2 aliphatic rings. The SMILES string of the molecule is CO[C@@]12CC[C@@H](O)C[C@@H]1N(Cc1cnc(NCc3ccccc3)nc1)CC2. The lowest BCUT2D eigenvalue weighted by atomic mass is 9.79. The zero-order chi connectivity index (χ0) is 18.7. The second-order valence-corrected chi connectivity index (χ2v) is 7.69. The van der Waals surface area contributed by atoms with Gasteiger partial charge >= 0.3 is 0 Å². The highest BCUT2D eigenvalue weighted by molar-refractivity contribution is 5.28. The topological polar surface area (TPSA) is 70.5 Å². The molecular formula is C21H28N4O2. The number of benzene rings is 1. The van der Waals surface area contributed by atoms with Crippen LogP contribution < -0.4 is 5.32 Å². The number of nitrogens with one attached hydrogen (secondary N) is 1. The molecule has 6 nitrogen and oxygen atoms in total. The molecular weight excluding hydrogens is 340 g/mol. The lowest BCUT2D eigenvalue weighted by molar-refractivity contribution is -0.0879. The fourth-order valence-electron chi connectivity index (χ4n) is 4.50. The Morgan fingerprint density at radius 3 is 2.70 bits per heavy atom. The molecule has 27 heavy (non-hydrogen) atoms. The van der Waals surface area contributed by atoms with Crippen LogP contribution in [0.25, 0.3) is 0 Å². The molecule has 1 saturated heterocycles. The molecule has 4 rings (SSSR count). The predicted octanol–water partition coefficient (Wildman–Crippen LogP) is 2.59. The Kier molecular flexibility index (Phi) is 5.38. The first-order chi connectivity index (χ1) is 13.2. The summed E-state index contributed by atoms with van der Waals surface area (Å²) in [4.78, 5) is 11.3. The molecule has 144 valence electrons.